The molecule has 1 rings (SSSR count). The van der Waals surface area contributed by atoms with Crippen molar-refractivity contribution in [2.24, 2.45) is 0 Å². The third kappa shape index (κ3) is 4.81. The van der Waals surface area contributed by atoms with Crippen molar-refractivity contribution >= 4 is 10.0 Å². The normalized spacial score (nSPS) is 13.1. The van der Waals surface area contributed by atoms with E-state index in [9.17, 15) is 8.42 Å². The number of hydrogen-bond donors (Lipinski definition) is 0. The summed E-state index contributed by atoms with van der Waals surface area (Å²) in [5.74, 6) is -0.162. The second kappa shape index (κ2) is 8.13. The van der Waals surface area contributed by atoms with E-state index in [1.807, 2.05) is 19.9 Å². The smallest absolute Gasteiger partial charge is 0.218 e. The lowest BCUT2D eigenvalue weighted by atomic mass is 10.1. The van der Waals surface area contributed by atoms with Crippen LogP contribution in [0.5, 0.6) is 0 Å². The molecular weight excluding hydrogens is 288 g/mol. The molecule has 0 aromatic heterocycles. The summed E-state index contributed by atoms with van der Waals surface area (Å²) in [5, 5.41) is 9.07. The summed E-state index contributed by atoms with van der Waals surface area (Å²) in [5.41, 5.74) is 0.933. The fourth-order valence-electron chi connectivity index (χ4n) is 2.05. The van der Waals surface area contributed by atoms with Crippen LogP contribution in [0.1, 0.15) is 31.4 Å². The van der Waals surface area contributed by atoms with Gasteiger partial charge in [0.15, 0.2) is 0 Å². The molecule has 0 aliphatic carbocycles. The number of hydrogen-bond acceptors (Lipinski definition) is 4. The molecule has 1 aromatic carbocycles. The molecule has 21 heavy (non-hydrogen) atoms. The number of ether oxygens (including phenoxy) is 1. The Labute approximate surface area is 127 Å². The third-order valence-corrected chi connectivity index (χ3v) is 5.36. The molecule has 1 unspecified atom stereocenters. The minimum Gasteiger partial charge on any atom is -0.383 e. The lowest BCUT2D eigenvalue weighted by Crippen LogP contribution is -2.41. The van der Waals surface area contributed by atoms with Crippen LogP contribution in [0, 0.1) is 11.3 Å². The molecule has 0 fully saturated rings. The van der Waals surface area contributed by atoms with Gasteiger partial charge in [0, 0.05) is 19.7 Å². The zero-order valence-electron chi connectivity index (χ0n) is 12.7. The van der Waals surface area contributed by atoms with E-state index in [4.69, 9.17) is 10.00 Å². The first-order valence-electron chi connectivity index (χ1n) is 6.92. The van der Waals surface area contributed by atoms with Gasteiger partial charge in [-0.2, -0.15) is 9.57 Å². The van der Waals surface area contributed by atoms with Gasteiger partial charge in [-0.3, -0.25) is 0 Å². The molecular formula is C15H22N2O3S. The zero-order valence-corrected chi connectivity index (χ0v) is 13.6. The highest BCUT2D eigenvalue weighted by Gasteiger charge is 2.27. The monoisotopic (exact) mass is 310 g/mol. The minimum absolute atomic E-state index is 0.0978. The van der Waals surface area contributed by atoms with Gasteiger partial charge < -0.3 is 4.74 Å². The molecule has 0 heterocycles. The Morgan fingerprint density at radius 1 is 1.38 bits per heavy atom. The summed E-state index contributed by atoms with van der Waals surface area (Å²) in [6.07, 6.45) is 0.725. The van der Waals surface area contributed by atoms with Gasteiger partial charge in [-0.1, -0.05) is 25.1 Å². The lowest BCUT2D eigenvalue weighted by Gasteiger charge is -2.27. The molecule has 0 bridgehead atoms. The van der Waals surface area contributed by atoms with Crippen LogP contribution in [0.2, 0.25) is 0 Å². The fourth-order valence-corrected chi connectivity index (χ4v) is 3.91. The van der Waals surface area contributed by atoms with Gasteiger partial charge in [-0.25, -0.2) is 8.42 Å². The van der Waals surface area contributed by atoms with E-state index in [1.165, 1.54) is 4.31 Å². The van der Waals surface area contributed by atoms with E-state index in [0.717, 1.165) is 6.42 Å². The Morgan fingerprint density at radius 2 is 2.05 bits per heavy atom. The Hall–Kier alpha value is -1.42. The number of nitrogens with zero attached hydrogens (tertiary/aromatic N) is 2. The van der Waals surface area contributed by atoms with Crippen molar-refractivity contribution in [2.45, 2.75) is 32.1 Å². The molecule has 0 amide bonds. The zero-order chi connectivity index (χ0) is 15.9. The molecule has 6 heteroatoms. The molecule has 0 N–H and O–H groups in total. The van der Waals surface area contributed by atoms with E-state index in [2.05, 4.69) is 0 Å². The summed E-state index contributed by atoms with van der Waals surface area (Å²) in [7, 11) is -1.94. The quantitative estimate of drug-likeness (QED) is 0.737. The van der Waals surface area contributed by atoms with Crippen LogP contribution in [0.3, 0.4) is 0 Å². The van der Waals surface area contributed by atoms with E-state index in [-0.39, 0.29) is 11.8 Å². The first-order chi connectivity index (χ1) is 9.96. The average Bonchev–Trinajstić information content (AvgIpc) is 2.47. The Bertz CT molecular complexity index is 593. The summed E-state index contributed by atoms with van der Waals surface area (Å²) >= 11 is 0. The largest absolute Gasteiger partial charge is 0.383 e. The molecule has 0 spiro atoms. The van der Waals surface area contributed by atoms with Crippen molar-refractivity contribution in [2.75, 3.05) is 20.3 Å². The van der Waals surface area contributed by atoms with Gasteiger partial charge in [0.25, 0.3) is 0 Å². The molecule has 0 saturated carbocycles. The molecule has 5 nitrogen and oxygen atoms in total. The van der Waals surface area contributed by atoms with Gasteiger partial charge in [-0.15, -0.1) is 0 Å². The maximum Gasteiger partial charge on any atom is 0.218 e. The van der Waals surface area contributed by atoms with Gasteiger partial charge in [0.1, 0.15) is 0 Å². The molecule has 0 radical (unpaired) electrons. The van der Waals surface area contributed by atoms with Crippen molar-refractivity contribution in [1.29, 1.82) is 5.26 Å². The predicted molar refractivity (Wildman–Crippen MR) is 82.1 cm³/mol. The van der Waals surface area contributed by atoms with Crippen molar-refractivity contribution < 1.29 is 13.2 Å². The summed E-state index contributed by atoms with van der Waals surface area (Å²) in [6, 6.07) is 8.73. The topological polar surface area (TPSA) is 70.4 Å². The van der Waals surface area contributed by atoms with Crippen LogP contribution in [-0.2, 0) is 20.5 Å². The van der Waals surface area contributed by atoms with Gasteiger partial charge in [0.05, 0.1) is 24.0 Å². The number of rotatable bonds is 8. The Balaban J connectivity index is 3.03. The summed E-state index contributed by atoms with van der Waals surface area (Å²) < 4.78 is 31.7. The number of benzene rings is 1. The van der Waals surface area contributed by atoms with Gasteiger partial charge in [0.2, 0.25) is 10.0 Å². The average molecular weight is 310 g/mol. The maximum absolute atomic E-state index is 12.6. The molecule has 0 aliphatic heterocycles. The number of methoxy groups -OCH3 is 1. The third-order valence-electron chi connectivity index (χ3n) is 3.43. The van der Waals surface area contributed by atoms with Crippen LogP contribution in [0.25, 0.3) is 0 Å². The molecule has 116 valence electrons. The standard InChI is InChI=1S/C15H22N2O3S/c1-4-13(2)17(9-10-20-3)21(18,19)12-15-8-6-5-7-14(15)11-16/h5-8,13H,4,9-10,12H2,1-3H3. The molecule has 0 saturated heterocycles. The highest BCUT2D eigenvalue weighted by molar-refractivity contribution is 7.88. The molecule has 0 aliphatic rings. The van der Waals surface area contributed by atoms with Gasteiger partial charge >= 0.3 is 0 Å². The van der Waals surface area contributed by atoms with Crippen LogP contribution >= 0.6 is 0 Å². The van der Waals surface area contributed by atoms with Crippen LogP contribution < -0.4 is 0 Å². The van der Waals surface area contributed by atoms with E-state index >= 15 is 0 Å². The van der Waals surface area contributed by atoms with E-state index < -0.39 is 10.0 Å². The Kier molecular flexibility index (Phi) is 6.82. The first kappa shape index (κ1) is 17.6. The maximum atomic E-state index is 12.6. The number of nitriles is 1. The van der Waals surface area contributed by atoms with E-state index in [0.29, 0.717) is 24.3 Å². The molecule has 1 aromatic rings. The van der Waals surface area contributed by atoms with Crippen molar-refractivity contribution in [3.8, 4) is 6.07 Å². The van der Waals surface area contributed by atoms with Crippen LogP contribution in [0.15, 0.2) is 24.3 Å². The minimum atomic E-state index is -3.49. The van der Waals surface area contributed by atoms with Crippen molar-refractivity contribution in [3.05, 3.63) is 35.4 Å². The van der Waals surface area contributed by atoms with E-state index in [1.54, 1.807) is 31.4 Å². The fraction of sp³-hybridized carbons (Fsp3) is 0.533. The summed E-state index contributed by atoms with van der Waals surface area (Å²) in [6.45, 7) is 4.50. The second-order valence-electron chi connectivity index (χ2n) is 4.89. The van der Waals surface area contributed by atoms with Gasteiger partial charge in [-0.05, 0) is 25.0 Å². The van der Waals surface area contributed by atoms with Crippen molar-refractivity contribution in [3.63, 3.8) is 0 Å². The number of sulfonamides is 1. The second-order valence-corrected chi connectivity index (χ2v) is 6.81. The summed E-state index contributed by atoms with van der Waals surface area (Å²) in [4.78, 5) is 0. The van der Waals surface area contributed by atoms with Crippen molar-refractivity contribution in [1.82, 2.24) is 4.31 Å². The SMILES string of the molecule is CCC(C)N(CCOC)S(=O)(=O)Cc1ccccc1C#N. The first-order valence-corrected chi connectivity index (χ1v) is 8.53. The highest BCUT2D eigenvalue weighted by Crippen LogP contribution is 2.18. The Morgan fingerprint density at radius 3 is 2.62 bits per heavy atom. The van der Waals surface area contributed by atoms with Crippen LogP contribution in [0.4, 0.5) is 0 Å². The molecule has 1 atom stereocenters. The highest BCUT2D eigenvalue weighted by atomic mass is 32.2. The predicted octanol–water partition coefficient (Wildman–Crippen LogP) is 2.13. The lowest BCUT2D eigenvalue weighted by molar-refractivity contribution is 0.167. The van der Waals surface area contributed by atoms with Crippen LogP contribution in [-0.4, -0.2) is 39.0 Å².